The Balaban J connectivity index is 2.11. The van der Waals surface area contributed by atoms with Crippen molar-refractivity contribution in [2.45, 2.75) is 13.0 Å². The Labute approximate surface area is 98.1 Å². The average Bonchev–Trinajstić information content (AvgIpc) is 2.83. The molecule has 2 aromatic rings. The Morgan fingerprint density at radius 1 is 1.53 bits per heavy atom. The van der Waals surface area contributed by atoms with Gasteiger partial charge in [-0.25, -0.2) is 4.98 Å². The van der Waals surface area contributed by atoms with E-state index >= 15 is 0 Å². The van der Waals surface area contributed by atoms with Gasteiger partial charge in [0.15, 0.2) is 11.6 Å². The van der Waals surface area contributed by atoms with Gasteiger partial charge in [-0.1, -0.05) is 0 Å². The molecule has 1 aliphatic heterocycles. The largest absolute Gasteiger partial charge is 0.461 e. The minimum atomic E-state index is -0.0621. The molecule has 1 N–H and O–H groups in total. The van der Waals surface area contributed by atoms with Gasteiger partial charge in [0.25, 0.3) is 5.56 Å². The summed E-state index contributed by atoms with van der Waals surface area (Å²) in [5, 5.41) is 0. The number of aromatic amines is 1. The van der Waals surface area contributed by atoms with Crippen LogP contribution in [0.3, 0.4) is 0 Å². The Bertz CT molecular complexity index is 586. The van der Waals surface area contributed by atoms with E-state index < -0.39 is 0 Å². The van der Waals surface area contributed by atoms with Crippen molar-refractivity contribution < 1.29 is 4.42 Å². The van der Waals surface area contributed by atoms with E-state index in [1.54, 1.807) is 18.4 Å². The first-order chi connectivity index (χ1) is 8.24. The molecule has 88 valence electrons. The van der Waals surface area contributed by atoms with Crippen LogP contribution < -0.4 is 5.56 Å². The summed E-state index contributed by atoms with van der Waals surface area (Å²) in [7, 11) is 2.00. The molecule has 0 aliphatic carbocycles. The van der Waals surface area contributed by atoms with Gasteiger partial charge in [-0.3, -0.25) is 4.79 Å². The number of furan rings is 1. The molecule has 0 radical (unpaired) electrons. The lowest BCUT2D eigenvalue weighted by Gasteiger charge is -2.23. The zero-order chi connectivity index (χ0) is 11.8. The van der Waals surface area contributed by atoms with Crippen LogP contribution in [0.25, 0.3) is 11.6 Å². The molecule has 3 rings (SSSR count). The first-order valence-corrected chi connectivity index (χ1v) is 5.58. The zero-order valence-corrected chi connectivity index (χ0v) is 9.56. The van der Waals surface area contributed by atoms with E-state index in [2.05, 4.69) is 14.9 Å². The maximum absolute atomic E-state index is 12.0. The van der Waals surface area contributed by atoms with E-state index in [-0.39, 0.29) is 5.56 Å². The van der Waals surface area contributed by atoms with Crippen LogP contribution in [0, 0.1) is 0 Å². The fourth-order valence-electron chi connectivity index (χ4n) is 2.09. The van der Waals surface area contributed by atoms with Crippen LogP contribution in [0.2, 0.25) is 0 Å². The fourth-order valence-corrected chi connectivity index (χ4v) is 2.09. The smallest absolute Gasteiger partial charge is 0.256 e. The predicted molar refractivity (Wildman–Crippen MR) is 62.6 cm³/mol. The van der Waals surface area contributed by atoms with Crippen LogP contribution in [-0.4, -0.2) is 28.5 Å². The van der Waals surface area contributed by atoms with Crippen LogP contribution in [0.15, 0.2) is 27.6 Å². The predicted octanol–water partition coefficient (Wildman–Crippen LogP) is 1.02. The first kappa shape index (κ1) is 10.3. The summed E-state index contributed by atoms with van der Waals surface area (Å²) in [5.41, 5.74) is 1.60. The average molecular weight is 231 g/mol. The molecule has 0 aromatic carbocycles. The summed E-state index contributed by atoms with van der Waals surface area (Å²) in [6, 6.07) is 3.57. The summed E-state index contributed by atoms with van der Waals surface area (Å²) in [6.45, 7) is 1.59. The van der Waals surface area contributed by atoms with E-state index in [1.165, 1.54) is 0 Å². The maximum atomic E-state index is 12.0. The van der Waals surface area contributed by atoms with Gasteiger partial charge >= 0.3 is 0 Å². The molecule has 17 heavy (non-hydrogen) atoms. The molecule has 0 unspecified atom stereocenters. The molecule has 2 aromatic heterocycles. The van der Waals surface area contributed by atoms with Crippen molar-refractivity contribution >= 4 is 0 Å². The van der Waals surface area contributed by atoms with Crippen molar-refractivity contribution in [2.75, 3.05) is 13.6 Å². The van der Waals surface area contributed by atoms with Crippen molar-refractivity contribution in [1.82, 2.24) is 14.9 Å². The highest BCUT2D eigenvalue weighted by Crippen LogP contribution is 2.17. The number of H-pyrrole nitrogens is 1. The number of aromatic nitrogens is 2. The topological polar surface area (TPSA) is 62.1 Å². The number of hydrogen-bond donors (Lipinski definition) is 1. The summed E-state index contributed by atoms with van der Waals surface area (Å²) in [6.07, 6.45) is 2.38. The molecule has 3 heterocycles. The van der Waals surface area contributed by atoms with Gasteiger partial charge < -0.3 is 14.3 Å². The van der Waals surface area contributed by atoms with Gasteiger partial charge in [0.05, 0.1) is 17.5 Å². The fraction of sp³-hybridized carbons (Fsp3) is 0.333. The second kappa shape index (κ2) is 3.85. The summed E-state index contributed by atoms with van der Waals surface area (Å²) < 4.78 is 5.24. The molecule has 1 aliphatic rings. The van der Waals surface area contributed by atoms with Crippen molar-refractivity contribution in [2.24, 2.45) is 0 Å². The highest BCUT2D eigenvalue weighted by molar-refractivity contribution is 5.46. The van der Waals surface area contributed by atoms with Gasteiger partial charge in [-0.15, -0.1) is 0 Å². The monoisotopic (exact) mass is 231 g/mol. The summed E-state index contributed by atoms with van der Waals surface area (Å²) in [5.74, 6) is 1.12. The van der Waals surface area contributed by atoms with E-state index in [4.69, 9.17) is 4.42 Å². The minimum absolute atomic E-state index is 0.0621. The van der Waals surface area contributed by atoms with Gasteiger partial charge in [0.1, 0.15) is 0 Å². The van der Waals surface area contributed by atoms with Crippen LogP contribution in [0.5, 0.6) is 0 Å². The second-order valence-electron chi connectivity index (χ2n) is 4.30. The van der Waals surface area contributed by atoms with Gasteiger partial charge in [0, 0.05) is 19.5 Å². The summed E-state index contributed by atoms with van der Waals surface area (Å²) in [4.78, 5) is 21.3. The lowest BCUT2D eigenvalue weighted by Crippen LogP contribution is -2.33. The van der Waals surface area contributed by atoms with E-state index in [9.17, 15) is 4.79 Å². The lowest BCUT2D eigenvalue weighted by atomic mass is 10.1. The van der Waals surface area contributed by atoms with Crippen molar-refractivity contribution in [3.8, 4) is 11.6 Å². The molecule has 0 saturated heterocycles. The number of nitrogens with one attached hydrogen (secondary N) is 1. The van der Waals surface area contributed by atoms with Gasteiger partial charge in [-0.2, -0.15) is 0 Å². The molecular formula is C12H13N3O2. The number of rotatable bonds is 1. The Morgan fingerprint density at radius 3 is 3.18 bits per heavy atom. The van der Waals surface area contributed by atoms with Crippen molar-refractivity contribution in [3.05, 3.63) is 40.0 Å². The standard InChI is InChI=1S/C12H13N3O2/c1-15-5-4-9-8(7-15)12(16)14-11(13-9)10-3-2-6-17-10/h2-3,6H,4-5,7H2,1H3,(H,13,14,16). The number of hydrogen-bond acceptors (Lipinski definition) is 4. The van der Waals surface area contributed by atoms with E-state index in [1.807, 2.05) is 7.05 Å². The number of nitrogens with zero attached hydrogens (tertiary/aromatic N) is 2. The minimum Gasteiger partial charge on any atom is -0.461 e. The van der Waals surface area contributed by atoms with Crippen LogP contribution in [-0.2, 0) is 13.0 Å². The third-order valence-electron chi connectivity index (χ3n) is 3.01. The van der Waals surface area contributed by atoms with Crippen LogP contribution in [0.1, 0.15) is 11.3 Å². The molecule has 5 nitrogen and oxygen atoms in total. The number of fused-ring (bicyclic) bond motifs is 1. The van der Waals surface area contributed by atoms with Crippen LogP contribution >= 0.6 is 0 Å². The molecule has 0 saturated carbocycles. The molecular weight excluding hydrogens is 218 g/mol. The van der Waals surface area contributed by atoms with Crippen molar-refractivity contribution in [1.29, 1.82) is 0 Å². The molecule has 0 atom stereocenters. The third-order valence-corrected chi connectivity index (χ3v) is 3.01. The highest BCUT2D eigenvalue weighted by Gasteiger charge is 2.19. The lowest BCUT2D eigenvalue weighted by molar-refractivity contribution is 0.307. The third kappa shape index (κ3) is 1.78. The van der Waals surface area contributed by atoms with Gasteiger partial charge in [-0.05, 0) is 19.2 Å². The quantitative estimate of drug-likeness (QED) is 0.796. The first-order valence-electron chi connectivity index (χ1n) is 5.58. The molecule has 0 spiro atoms. The number of likely N-dealkylation sites (N-methyl/N-ethyl adjacent to an activating group) is 1. The Kier molecular flexibility index (Phi) is 2.33. The molecule has 0 fully saturated rings. The normalized spacial score (nSPS) is 15.8. The van der Waals surface area contributed by atoms with E-state index in [0.29, 0.717) is 18.1 Å². The van der Waals surface area contributed by atoms with Gasteiger partial charge in [0.2, 0.25) is 0 Å². The zero-order valence-electron chi connectivity index (χ0n) is 9.56. The Hall–Kier alpha value is -1.88. The van der Waals surface area contributed by atoms with Crippen LogP contribution in [0.4, 0.5) is 0 Å². The second-order valence-corrected chi connectivity index (χ2v) is 4.30. The SMILES string of the molecule is CN1CCc2nc(-c3ccco3)[nH]c(=O)c2C1. The maximum Gasteiger partial charge on any atom is 0.256 e. The molecule has 5 heteroatoms. The highest BCUT2D eigenvalue weighted by atomic mass is 16.3. The molecule has 0 bridgehead atoms. The summed E-state index contributed by atoms with van der Waals surface area (Å²) >= 11 is 0. The molecule has 0 amide bonds. The van der Waals surface area contributed by atoms with Crippen molar-refractivity contribution in [3.63, 3.8) is 0 Å². The Morgan fingerprint density at radius 2 is 2.41 bits per heavy atom. The van der Waals surface area contributed by atoms with E-state index in [0.717, 1.165) is 24.2 Å².